The number of anilines is 1. The summed E-state index contributed by atoms with van der Waals surface area (Å²) < 4.78 is 0. The number of nitrogens with one attached hydrogen (secondary N) is 2. The fraction of sp³-hybridized carbons (Fsp3) is 0.0769. The van der Waals surface area contributed by atoms with Gasteiger partial charge in [-0.15, -0.1) is 0 Å². The molecule has 0 bridgehead atoms. The number of carbonyl (C=O) groups excluding carboxylic acids is 1. The number of nitrogens with zero attached hydrogens (tertiary/aromatic N) is 2. The minimum atomic E-state index is -0.566. The minimum absolute atomic E-state index is 0.0760. The minimum Gasteiger partial charge on any atom is -0.322 e. The maximum absolute atomic E-state index is 11.9. The summed E-state index contributed by atoms with van der Waals surface area (Å²) in [6.45, 7) is 1.62. The fourth-order valence-corrected chi connectivity index (χ4v) is 1.51. The molecule has 0 aliphatic carbocycles. The molecule has 6 nitrogen and oxygen atoms in total. The summed E-state index contributed by atoms with van der Waals surface area (Å²) in [5.41, 5.74) is 0.298. The van der Waals surface area contributed by atoms with E-state index >= 15 is 0 Å². The molecule has 0 unspecified atom stereocenters. The van der Waals surface area contributed by atoms with Crippen molar-refractivity contribution in [1.29, 1.82) is 5.26 Å². The van der Waals surface area contributed by atoms with Crippen molar-refractivity contribution < 1.29 is 4.79 Å². The first-order valence-corrected chi connectivity index (χ1v) is 5.47. The van der Waals surface area contributed by atoms with Crippen LogP contribution in [0.5, 0.6) is 0 Å². The average Bonchev–Trinajstić information content (AvgIpc) is 2.38. The molecule has 1 amide bonds. The first-order valence-electron chi connectivity index (χ1n) is 5.47. The SMILES string of the molecule is Cc1ncc(C(=O)Nc2cccc(C#N)c2)c(=O)[nH]1. The van der Waals surface area contributed by atoms with Gasteiger partial charge in [0.1, 0.15) is 11.4 Å². The molecule has 0 fully saturated rings. The highest BCUT2D eigenvalue weighted by Crippen LogP contribution is 2.10. The molecule has 0 saturated heterocycles. The van der Waals surface area contributed by atoms with Crippen LogP contribution in [0.1, 0.15) is 21.7 Å². The lowest BCUT2D eigenvalue weighted by molar-refractivity contribution is 0.102. The topological polar surface area (TPSA) is 98.6 Å². The number of benzene rings is 1. The molecule has 0 saturated carbocycles. The largest absolute Gasteiger partial charge is 0.322 e. The molecule has 1 aromatic carbocycles. The molecule has 6 heteroatoms. The summed E-state index contributed by atoms with van der Waals surface area (Å²) in [4.78, 5) is 29.8. The van der Waals surface area contributed by atoms with Crippen molar-refractivity contribution in [3.8, 4) is 6.07 Å². The lowest BCUT2D eigenvalue weighted by Crippen LogP contribution is -2.24. The molecule has 0 aliphatic rings. The molecule has 94 valence electrons. The first-order chi connectivity index (χ1) is 9.10. The number of carbonyl (C=O) groups is 1. The third-order valence-electron chi connectivity index (χ3n) is 2.42. The molecule has 0 aliphatic heterocycles. The monoisotopic (exact) mass is 254 g/mol. The van der Waals surface area contributed by atoms with E-state index in [-0.39, 0.29) is 5.56 Å². The van der Waals surface area contributed by atoms with Gasteiger partial charge in [0.05, 0.1) is 11.6 Å². The average molecular weight is 254 g/mol. The van der Waals surface area contributed by atoms with Gasteiger partial charge in [-0.3, -0.25) is 9.59 Å². The van der Waals surface area contributed by atoms with Crippen LogP contribution in [-0.2, 0) is 0 Å². The van der Waals surface area contributed by atoms with Gasteiger partial charge >= 0.3 is 0 Å². The van der Waals surface area contributed by atoms with E-state index in [1.165, 1.54) is 12.3 Å². The summed E-state index contributed by atoms with van der Waals surface area (Å²) in [6.07, 6.45) is 1.22. The lowest BCUT2D eigenvalue weighted by Gasteiger charge is -2.04. The molecule has 0 atom stereocenters. The van der Waals surface area contributed by atoms with E-state index in [1.807, 2.05) is 6.07 Å². The predicted octanol–water partition coefficient (Wildman–Crippen LogP) is 1.20. The van der Waals surface area contributed by atoms with Gasteiger partial charge in [0.15, 0.2) is 0 Å². The summed E-state index contributed by atoms with van der Waals surface area (Å²) >= 11 is 0. The molecule has 1 aromatic heterocycles. The van der Waals surface area contributed by atoms with Crippen molar-refractivity contribution in [2.24, 2.45) is 0 Å². The number of hydrogen-bond donors (Lipinski definition) is 2. The second kappa shape index (κ2) is 5.14. The fourth-order valence-electron chi connectivity index (χ4n) is 1.51. The molecule has 1 heterocycles. The zero-order valence-electron chi connectivity index (χ0n) is 10.1. The van der Waals surface area contributed by atoms with Gasteiger partial charge in [-0.2, -0.15) is 5.26 Å². The van der Waals surface area contributed by atoms with E-state index in [0.29, 0.717) is 17.1 Å². The number of nitriles is 1. The number of aromatic nitrogens is 2. The first kappa shape index (κ1) is 12.5. The van der Waals surface area contributed by atoms with Crippen LogP contribution in [0.3, 0.4) is 0 Å². The van der Waals surface area contributed by atoms with Gasteiger partial charge < -0.3 is 10.3 Å². The van der Waals surface area contributed by atoms with Crippen LogP contribution in [0.4, 0.5) is 5.69 Å². The summed E-state index contributed by atoms with van der Waals surface area (Å²) in [6, 6.07) is 8.39. The number of rotatable bonds is 2. The third kappa shape index (κ3) is 2.84. The predicted molar refractivity (Wildman–Crippen MR) is 68.7 cm³/mol. The summed E-state index contributed by atoms with van der Waals surface area (Å²) in [5, 5.41) is 11.3. The molecule has 2 N–H and O–H groups in total. The molecule has 0 spiro atoms. The Kier molecular flexibility index (Phi) is 3.39. The number of amides is 1. The van der Waals surface area contributed by atoms with Crippen LogP contribution in [0.2, 0.25) is 0 Å². The van der Waals surface area contributed by atoms with Crippen LogP contribution in [-0.4, -0.2) is 15.9 Å². The molecule has 2 rings (SSSR count). The highest BCUT2D eigenvalue weighted by Gasteiger charge is 2.11. The number of aryl methyl sites for hydroxylation is 1. The van der Waals surface area contributed by atoms with Crippen LogP contribution in [0.25, 0.3) is 0 Å². The van der Waals surface area contributed by atoms with Crippen molar-refractivity contribution in [1.82, 2.24) is 9.97 Å². The molecular weight excluding hydrogens is 244 g/mol. The maximum Gasteiger partial charge on any atom is 0.263 e. The molecule has 19 heavy (non-hydrogen) atoms. The lowest BCUT2D eigenvalue weighted by atomic mass is 10.2. The van der Waals surface area contributed by atoms with Crippen molar-refractivity contribution in [3.05, 3.63) is 57.8 Å². The Morgan fingerprint density at radius 3 is 2.95 bits per heavy atom. The molecular formula is C13H10N4O2. The van der Waals surface area contributed by atoms with Crippen LogP contribution in [0, 0.1) is 18.3 Å². The highest BCUT2D eigenvalue weighted by atomic mass is 16.2. The Morgan fingerprint density at radius 2 is 2.26 bits per heavy atom. The zero-order valence-corrected chi connectivity index (χ0v) is 10.1. The Morgan fingerprint density at radius 1 is 1.47 bits per heavy atom. The number of H-pyrrole nitrogens is 1. The summed E-state index contributed by atoms with van der Waals surface area (Å²) in [5.74, 6) is -0.128. The quantitative estimate of drug-likeness (QED) is 0.841. The zero-order chi connectivity index (χ0) is 13.8. The van der Waals surface area contributed by atoms with Crippen LogP contribution >= 0.6 is 0 Å². The van der Waals surface area contributed by atoms with Gasteiger partial charge in [0.25, 0.3) is 11.5 Å². The maximum atomic E-state index is 11.9. The van der Waals surface area contributed by atoms with Gasteiger partial charge in [-0.1, -0.05) is 6.07 Å². The van der Waals surface area contributed by atoms with Crippen molar-refractivity contribution in [2.75, 3.05) is 5.32 Å². The highest BCUT2D eigenvalue weighted by molar-refractivity contribution is 6.03. The Bertz CT molecular complexity index is 728. The Hall–Kier alpha value is -2.94. The van der Waals surface area contributed by atoms with Crippen molar-refractivity contribution in [3.63, 3.8) is 0 Å². The second-order valence-electron chi connectivity index (χ2n) is 3.86. The van der Waals surface area contributed by atoms with E-state index in [1.54, 1.807) is 25.1 Å². The van der Waals surface area contributed by atoms with Crippen molar-refractivity contribution in [2.45, 2.75) is 6.92 Å². The Labute approximate surface area is 108 Å². The Balaban J connectivity index is 2.26. The van der Waals surface area contributed by atoms with E-state index in [9.17, 15) is 9.59 Å². The van der Waals surface area contributed by atoms with Gasteiger partial charge in [-0.05, 0) is 25.1 Å². The van der Waals surface area contributed by atoms with E-state index in [2.05, 4.69) is 15.3 Å². The van der Waals surface area contributed by atoms with Gasteiger partial charge in [0.2, 0.25) is 0 Å². The molecule has 0 radical (unpaired) electrons. The number of aromatic amines is 1. The summed E-state index contributed by atoms with van der Waals surface area (Å²) in [7, 11) is 0. The third-order valence-corrected chi connectivity index (χ3v) is 2.42. The van der Waals surface area contributed by atoms with Crippen molar-refractivity contribution >= 4 is 11.6 Å². The van der Waals surface area contributed by atoms with E-state index < -0.39 is 11.5 Å². The van der Waals surface area contributed by atoms with Crippen LogP contribution < -0.4 is 10.9 Å². The van der Waals surface area contributed by atoms with E-state index in [4.69, 9.17) is 5.26 Å². The standard InChI is InChI=1S/C13H10N4O2/c1-8-15-7-11(12(18)16-8)13(19)17-10-4-2-3-9(5-10)6-14/h2-5,7H,1H3,(H,17,19)(H,15,16,18). The number of hydrogen-bond acceptors (Lipinski definition) is 4. The van der Waals surface area contributed by atoms with Gasteiger partial charge in [-0.25, -0.2) is 4.98 Å². The normalized spacial score (nSPS) is 9.68. The smallest absolute Gasteiger partial charge is 0.263 e. The second-order valence-corrected chi connectivity index (χ2v) is 3.86. The van der Waals surface area contributed by atoms with Crippen LogP contribution in [0.15, 0.2) is 35.3 Å². The van der Waals surface area contributed by atoms with E-state index in [0.717, 1.165) is 0 Å². The molecule has 2 aromatic rings. The van der Waals surface area contributed by atoms with Gasteiger partial charge in [0, 0.05) is 11.9 Å².